The van der Waals surface area contributed by atoms with Gasteiger partial charge in [-0.3, -0.25) is 14.4 Å². The average Bonchev–Trinajstić information content (AvgIpc) is 2.97. The number of carbonyl (C=O) groups is 3. The first-order valence-electron chi connectivity index (χ1n) is 14.4. The first kappa shape index (κ1) is 31.8. The summed E-state index contributed by atoms with van der Waals surface area (Å²) in [6, 6.07) is 6.25. The second kappa shape index (κ2) is 17.8. The fraction of sp³-hybridized carbons (Fsp3) is 0.690. The van der Waals surface area contributed by atoms with Crippen molar-refractivity contribution < 1.29 is 38.1 Å². The summed E-state index contributed by atoms with van der Waals surface area (Å²) in [5.41, 5.74) is 0.625. The van der Waals surface area contributed by atoms with Crippen molar-refractivity contribution in [1.29, 1.82) is 0 Å². The van der Waals surface area contributed by atoms with Gasteiger partial charge < -0.3 is 34.9 Å². The fourth-order valence-corrected chi connectivity index (χ4v) is 5.21. The molecule has 10 nitrogen and oxygen atoms in total. The minimum Gasteiger partial charge on any atom is -0.491 e. The number of alkyl halides is 1. The van der Waals surface area contributed by atoms with E-state index >= 15 is 0 Å². The smallest absolute Gasteiger partial charge is 0.305 e. The Bertz CT molecular complexity index is 929. The van der Waals surface area contributed by atoms with E-state index in [1.165, 1.54) is 0 Å². The number of amides is 2. The molecule has 1 aromatic carbocycles. The molecule has 40 heavy (non-hydrogen) atoms. The highest BCUT2D eigenvalue weighted by atomic mass is 18.2. The summed E-state index contributed by atoms with van der Waals surface area (Å²) in [5, 5.41) is 15.8. The Morgan fingerprint density at radius 3 is 2.58 bits per heavy atom. The number of nitrogens with zero attached hydrogens (tertiary/aromatic N) is 1. The summed E-state index contributed by atoms with van der Waals surface area (Å²) < 4.78 is 28.1. The molecule has 0 bridgehead atoms. The maximum Gasteiger partial charge on any atom is 0.305 e. The molecular formula is C29H44FN3O7. The molecule has 0 radical (unpaired) electrons. The number of carbonyl (C=O) groups excluding carboxylic acids is 2. The van der Waals surface area contributed by atoms with Gasteiger partial charge in [0.15, 0.2) is 0 Å². The van der Waals surface area contributed by atoms with Crippen molar-refractivity contribution in [3.63, 3.8) is 0 Å². The molecule has 2 heterocycles. The molecule has 2 amide bonds. The maximum atomic E-state index is 13.2. The number of piperidine rings is 2. The van der Waals surface area contributed by atoms with Crippen molar-refractivity contribution in [1.82, 2.24) is 15.5 Å². The third kappa shape index (κ3) is 11.4. The van der Waals surface area contributed by atoms with E-state index in [-0.39, 0.29) is 37.4 Å². The summed E-state index contributed by atoms with van der Waals surface area (Å²) in [5.74, 6) is -0.443. The number of hydrogen-bond donors (Lipinski definition) is 3. The van der Waals surface area contributed by atoms with Crippen molar-refractivity contribution in [2.75, 3.05) is 65.9 Å². The lowest BCUT2D eigenvalue weighted by atomic mass is 9.92. The van der Waals surface area contributed by atoms with Gasteiger partial charge in [-0.25, -0.2) is 4.39 Å². The molecule has 11 heteroatoms. The normalized spacial score (nSPS) is 18.7. The lowest BCUT2D eigenvalue weighted by molar-refractivity contribution is -0.138. The van der Waals surface area contributed by atoms with Crippen LogP contribution in [0, 0.1) is 11.8 Å². The Balaban J connectivity index is 1.49. The quantitative estimate of drug-likeness (QED) is 0.247. The van der Waals surface area contributed by atoms with Gasteiger partial charge in [0.1, 0.15) is 19.0 Å². The number of nitrogens with one attached hydrogen (secondary N) is 2. The molecule has 2 aliphatic rings. The zero-order valence-corrected chi connectivity index (χ0v) is 23.3. The molecule has 3 rings (SSSR count). The average molecular weight is 565 g/mol. The Morgan fingerprint density at radius 2 is 1.82 bits per heavy atom. The molecule has 1 aromatic rings. The van der Waals surface area contributed by atoms with Gasteiger partial charge in [0.2, 0.25) is 11.8 Å². The molecule has 2 saturated heterocycles. The summed E-state index contributed by atoms with van der Waals surface area (Å²) in [7, 11) is 0. The van der Waals surface area contributed by atoms with Crippen LogP contribution in [0.4, 0.5) is 4.39 Å². The molecular weight excluding hydrogens is 520 g/mol. The van der Waals surface area contributed by atoms with Gasteiger partial charge in [0, 0.05) is 19.5 Å². The largest absolute Gasteiger partial charge is 0.491 e. The van der Waals surface area contributed by atoms with Crippen molar-refractivity contribution in [2.45, 2.75) is 51.0 Å². The van der Waals surface area contributed by atoms with Gasteiger partial charge in [-0.05, 0) is 68.8 Å². The minimum atomic E-state index is -1.03. The summed E-state index contributed by atoms with van der Waals surface area (Å²) in [4.78, 5) is 39.5. The van der Waals surface area contributed by atoms with Crippen LogP contribution < -0.4 is 15.4 Å². The van der Waals surface area contributed by atoms with Gasteiger partial charge in [0.05, 0.1) is 44.8 Å². The number of rotatable bonds is 17. The van der Waals surface area contributed by atoms with Gasteiger partial charge in [-0.2, -0.15) is 0 Å². The van der Waals surface area contributed by atoms with E-state index in [0.717, 1.165) is 38.8 Å². The van der Waals surface area contributed by atoms with Crippen LogP contribution in [-0.2, 0) is 23.9 Å². The maximum absolute atomic E-state index is 13.2. The van der Waals surface area contributed by atoms with E-state index in [9.17, 15) is 23.9 Å². The lowest BCUT2D eigenvalue weighted by Crippen LogP contribution is -2.46. The van der Waals surface area contributed by atoms with E-state index in [2.05, 4.69) is 10.6 Å². The summed E-state index contributed by atoms with van der Waals surface area (Å²) >= 11 is 0. The first-order valence-corrected chi connectivity index (χ1v) is 14.4. The van der Waals surface area contributed by atoms with Crippen LogP contribution in [-0.4, -0.2) is 93.7 Å². The van der Waals surface area contributed by atoms with Crippen LogP contribution in [0.15, 0.2) is 24.3 Å². The molecule has 2 fully saturated rings. The molecule has 224 valence electrons. The van der Waals surface area contributed by atoms with Gasteiger partial charge in [-0.15, -0.1) is 0 Å². The lowest BCUT2D eigenvalue weighted by Gasteiger charge is -2.33. The Labute approximate surface area is 235 Å². The number of aliphatic carboxylic acids is 1. The highest BCUT2D eigenvalue weighted by Crippen LogP contribution is 2.25. The molecule has 0 unspecified atom stereocenters. The van der Waals surface area contributed by atoms with Gasteiger partial charge >= 0.3 is 5.97 Å². The van der Waals surface area contributed by atoms with Crippen molar-refractivity contribution >= 4 is 17.8 Å². The van der Waals surface area contributed by atoms with Crippen LogP contribution in [0.1, 0.15) is 56.6 Å². The highest BCUT2D eigenvalue weighted by molar-refractivity contribution is 5.82. The van der Waals surface area contributed by atoms with Crippen molar-refractivity contribution in [3.8, 4) is 5.75 Å². The number of ether oxygens (including phenoxy) is 3. The van der Waals surface area contributed by atoms with Crippen LogP contribution in [0.2, 0.25) is 0 Å². The van der Waals surface area contributed by atoms with Crippen molar-refractivity contribution in [3.05, 3.63) is 29.8 Å². The number of carboxylic acid groups (broad SMARTS) is 1. The Morgan fingerprint density at radius 1 is 1.07 bits per heavy atom. The number of hydrogen-bond acceptors (Lipinski definition) is 7. The number of carboxylic acids is 1. The van der Waals surface area contributed by atoms with E-state index in [4.69, 9.17) is 14.2 Å². The first-order chi connectivity index (χ1) is 19.5. The zero-order valence-electron chi connectivity index (χ0n) is 23.3. The molecule has 0 aliphatic carbocycles. The minimum absolute atomic E-state index is 0.0520. The Kier molecular flexibility index (Phi) is 14.2. The summed E-state index contributed by atoms with van der Waals surface area (Å²) in [6.45, 7) is 3.77. The SMILES string of the molecule is O=C(O)C[C@H](NC(=O)[C@@H]1CCCN(C(=O)CCC2CCNCC2)C1)c1cccc(OCCOCCOCC[18F])c1. The topological polar surface area (TPSA) is 126 Å². The van der Waals surface area contributed by atoms with Crippen LogP contribution in [0.25, 0.3) is 0 Å². The van der Waals surface area contributed by atoms with Crippen molar-refractivity contribution in [2.24, 2.45) is 11.8 Å². The number of benzene rings is 1. The van der Waals surface area contributed by atoms with E-state index in [1.807, 2.05) is 0 Å². The molecule has 3 N–H and O–H groups in total. The fourth-order valence-electron chi connectivity index (χ4n) is 5.21. The predicted octanol–water partition coefficient (Wildman–Crippen LogP) is 2.72. The summed E-state index contributed by atoms with van der Waals surface area (Å²) in [6.07, 6.45) is 4.71. The second-order valence-electron chi connectivity index (χ2n) is 10.4. The zero-order chi connectivity index (χ0) is 28.6. The number of halogens is 1. The number of likely N-dealkylation sites (tertiary alicyclic amines) is 1. The third-order valence-electron chi connectivity index (χ3n) is 7.42. The van der Waals surface area contributed by atoms with Gasteiger partial charge in [-0.1, -0.05) is 12.1 Å². The Hall–Kier alpha value is -2.76. The second-order valence-corrected chi connectivity index (χ2v) is 10.4. The van der Waals surface area contributed by atoms with Crippen LogP contribution >= 0.6 is 0 Å². The van der Waals surface area contributed by atoms with E-state index in [1.54, 1.807) is 29.2 Å². The predicted molar refractivity (Wildman–Crippen MR) is 147 cm³/mol. The van der Waals surface area contributed by atoms with Gasteiger partial charge in [0.25, 0.3) is 0 Å². The molecule has 2 atom stereocenters. The molecule has 2 aliphatic heterocycles. The van der Waals surface area contributed by atoms with Crippen LogP contribution in [0.3, 0.4) is 0 Å². The molecule has 0 saturated carbocycles. The highest BCUT2D eigenvalue weighted by Gasteiger charge is 2.30. The standard InChI is InChI=1S/C29H44FN3O7/c30-10-14-38-15-16-39-17-18-40-25-5-1-3-23(19-25)26(20-28(35)36)32-29(37)24-4-2-13-33(21-24)27(34)7-6-22-8-11-31-12-9-22/h1,3,5,19,22,24,26,31H,2,4,6-18,20-21H2,(H,32,37)(H,35,36)/t24-,26+/m1/s1/i30-1. The third-order valence-corrected chi connectivity index (χ3v) is 7.42. The monoisotopic (exact) mass is 564 g/mol. The van der Waals surface area contributed by atoms with Crippen LogP contribution in [0.5, 0.6) is 5.75 Å². The molecule has 0 aromatic heterocycles. The van der Waals surface area contributed by atoms with E-state index in [0.29, 0.717) is 63.0 Å². The molecule has 0 spiro atoms. The van der Waals surface area contributed by atoms with E-state index < -0.39 is 18.7 Å².